The number of nitro benzene ring substituents is 1. The molecule has 0 aliphatic heterocycles. The van der Waals surface area contributed by atoms with Crippen LogP contribution in [0.5, 0.6) is 5.75 Å². The van der Waals surface area contributed by atoms with Crippen molar-refractivity contribution in [1.29, 1.82) is 0 Å². The first-order chi connectivity index (χ1) is 9.99. The van der Waals surface area contributed by atoms with Gasteiger partial charge in [0.2, 0.25) is 0 Å². The highest BCUT2D eigenvalue weighted by molar-refractivity contribution is 5.99. The van der Waals surface area contributed by atoms with E-state index in [2.05, 4.69) is 10.2 Å². The fraction of sp³-hybridized carbons (Fsp3) is 0.0714. The number of ketones is 1. The third-order valence-electron chi connectivity index (χ3n) is 2.70. The fourth-order valence-electron chi connectivity index (χ4n) is 1.71. The molecule has 0 saturated heterocycles. The molecule has 0 bridgehead atoms. The molecule has 2 aromatic rings. The number of carbonyl (C=O) groups excluding carboxylic acids is 1. The van der Waals surface area contributed by atoms with Gasteiger partial charge >= 0.3 is 0 Å². The number of hydrogen-bond donors (Lipinski definition) is 1. The van der Waals surface area contributed by atoms with E-state index in [9.17, 15) is 20.0 Å². The average molecular weight is 285 g/mol. The van der Waals surface area contributed by atoms with Gasteiger partial charge in [0.15, 0.2) is 11.5 Å². The Morgan fingerprint density at radius 1 is 1.14 bits per heavy atom. The summed E-state index contributed by atoms with van der Waals surface area (Å²) in [6, 6.07) is 9.92. The van der Waals surface area contributed by atoms with Crippen molar-refractivity contribution in [2.24, 2.45) is 10.2 Å². The number of azo groups is 1. The highest BCUT2D eigenvalue weighted by Gasteiger charge is 2.12. The number of rotatable bonds is 4. The van der Waals surface area contributed by atoms with Crippen LogP contribution in [-0.2, 0) is 0 Å². The summed E-state index contributed by atoms with van der Waals surface area (Å²) in [6.45, 7) is 1.36. The summed E-state index contributed by atoms with van der Waals surface area (Å²) < 4.78 is 0. The summed E-state index contributed by atoms with van der Waals surface area (Å²) in [6.07, 6.45) is 0. The first kappa shape index (κ1) is 14.3. The smallest absolute Gasteiger partial charge is 0.296 e. The van der Waals surface area contributed by atoms with Gasteiger partial charge in [-0.2, -0.15) is 0 Å². The molecule has 0 atom stereocenters. The molecule has 106 valence electrons. The van der Waals surface area contributed by atoms with Crippen LogP contribution in [0.1, 0.15) is 17.3 Å². The van der Waals surface area contributed by atoms with Gasteiger partial charge in [-0.15, -0.1) is 10.2 Å². The van der Waals surface area contributed by atoms with E-state index in [0.717, 1.165) is 0 Å². The second kappa shape index (κ2) is 5.91. The summed E-state index contributed by atoms with van der Waals surface area (Å²) in [4.78, 5) is 21.8. The SMILES string of the molecule is CC(=O)c1ccc(O)cc1/N=N/c1ccccc1[N+](=O)[O-]. The molecule has 0 aromatic heterocycles. The summed E-state index contributed by atoms with van der Waals surface area (Å²) in [7, 11) is 0. The number of Topliss-reactive ketones (excluding diaryl/α,β-unsaturated/α-hetero) is 1. The monoisotopic (exact) mass is 285 g/mol. The van der Waals surface area contributed by atoms with E-state index in [1.165, 1.54) is 43.3 Å². The van der Waals surface area contributed by atoms with Crippen molar-refractivity contribution in [3.63, 3.8) is 0 Å². The van der Waals surface area contributed by atoms with Gasteiger partial charge in [-0.1, -0.05) is 12.1 Å². The minimum absolute atomic E-state index is 0.0698. The van der Waals surface area contributed by atoms with E-state index in [1.807, 2.05) is 0 Å². The molecule has 21 heavy (non-hydrogen) atoms. The van der Waals surface area contributed by atoms with Gasteiger partial charge in [0.05, 0.1) is 4.92 Å². The van der Waals surface area contributed by atoms with Gasteiger partial charge in [0, 0.05) is 17.7 Å². The molecule has 0 aliphatic carbocycles. The second-order valence-electron chi connectivity index (χ2n) is 4.20. The standard InChI is InChI=1S/C14H11N3O4/c1-9(18)11-7-6-10(19)8-13(11)16-15-12-4-2-3-5-14(12)17(20)21/h2-8,19H,1H3/b16-15+. The molecule has 2 rings (SSSR count). The van der Waals surface area contributed by atoms with Gasteiger partial charge < -0.3 is 5.11 Å². The fourth-order valence-corrected chi connectivity index (χ4v) is 1.71. The van der Waals surface area contributed by atoms with E-state index < -0.39 is 4.92 Å². The van der Waals surface area contributed by atoms with Crippen molar-refractivity contribution in [1.82, 2.24) is 0 Å². The average Bonchev–Trinajstić information content (AvgIpc) is 2.45. The molecule has 1 N–H and O–H groups in total. The van der Waals surface area contributed by atoms with Crippen LogP contribution in [0.4, 0.5) is 17.1 Å². The number of para-hydroxylation sites is 1. The Morgan fingerprint density at radius 3 is 2.48 bits per heavy atom. The highest BCUT2D eigenvalue weighted by Crippen LogP contribution is 2.30. The normalized spacial score (nSPS) is 10.7. The number of nitrogens with zero attached hydrogens (tertiary/aromatic N) is 3. The predicted molar refractivity (Wildman–Crippen MR) is 75.4 cm³/mol. The first-order valence-corrected chi connectivity index (χ1v) is 5.98. The zero-order valence-corrected chi connectivity index (χ0v) is 11.1. The van der Waals surface area contributed by atoms with Gasteiger partial charge in [0.25, 0.3) is 5.69 Å². The molecule has 0 aliphatic rings. The Hall–Kier alpha value is -3.09. The topological polar surface area (TPSA) is 105 Å². The lowest BCUT2D eigenvalue weighted by Crippen LogP contribution is -1.91. The van der Waals surface area contributed by atoms with E-state index in [1.54, 1.807) is 6.07 Å². The highest BCUT2D eigenvalue weighted by atomic mass is 16.6. The predicted octanol–water partition coefficient (Wildman–Crippen LogP) is 3.92. The van der Waals surface area contributed by atoms with Crippen LogP contribution in [-0.4, -0.2) is 15.8 Å². The van der Waals surface area contributed by atoms with Crippen molar-refractivity contribution in [2.75, 3.05) is 0 Å². The van der Waals surface area contributed by atoms with E-state index in [0.29, 0.717) is 0 Å². The third kappa shape index (κ3) is 3.27. The molecule has 0 fully saturated rings. The molecule has 0 radical (unpaired) electrons. The lowest BCUT2D eigenvalue weighted by Gasteiger charge is -2.01. The molecule has 7 nitrogen and oxygen atoms in total. The molecule has 0 heterocycles. The van der Waals surface area contributed by atoms with Crippen molar-refractivity contribution >= 4 is 22.8 Å². The van der Waals surface area contributed by atoms with Crippen LogP contribution < -0.4 is 0 Å². The summed E-state index contributed by atoms with van der Waals surface area (Å²) in [5.74, 6) is -0.317. The lowest BCUT2D eigenvalue weighted by molar-refractivity contribution is -0.384. The molecule has 0 spiro atoms. The Bertz CT molecular complexity index is 741. The summed E-state index contributed by atoms with van der Waals surface area (Å²) in [5.41, 5.74) is 0.307. The number of benzene rings is 2. The van der Waals surface area contributed by atoms with Crippen LogP contribution >= 0.6 is 0 Å². The number of nitro groups is 1. The van der Waals surface area contributed by atoms with E-state index >= 15 is 0 Å². The Balaban J connectivity index is 2.45. The van der Waals surface area contributed by atoms with Crippen LogP contribution in [0.2, 0.25) is 0 Å². The van der Waals surface area contributed by atoms with Crippen LogP contribution in [0, 0.1) is 10.1 Å². The first-order valence-electron chi connectivity index (χ1n) is 5.98. The van der Waals surface area contributed by atoms with Crippen LogP contribution in [0.25, 0.3) is 0 Å². The maximum absolute atomic E-state index is 11.5. The van der Waals surface area contributed by atoms with Gasteiger partial charge in [-0.05, 0) is 25.1 Å². The maximum atomic E-state index is 11.5. The molecule has 7 heteroatoms. The second-order valence-corrected chi connectivity index (χ2v) is 4.20. The molecule has 0 unspecified atom stereocenters. The molecule has 2 aromatic carbocycles. The minimum atomic E-state index is -0.567. The Morgan fingerprint density at radius 2 is 1.81 bits per heavy atom. The van der Waals surface area contributed by atoms with Gasteiger partial charge in [-0.3, -0.25) is 14.9 Å². The Labute approximate surface area is 119 Å². The number of phenolic OH excluding ortho intramolecular Hbond substituents is 1. The van der Waals surface area contributed by atoms with Gasteiger partial charge in [-0.25, -0.2) is 0 Å². The van der Waals surface area contributed by atoms with Crippen molar-refractivity contribution in [2.45, 2.75) is 6.92 Å². The van der Waals surface area contributed by atoms with E-state index in [-0.39, 0.29) is 34.2 Å². The number of phenols is 1. The Kier molecular flexibility index (Phi) is 4.03. The zero-order chi connectivity index (χ0) is 15.4. The number of carbonyl (C=O) groups is 1. The molecular formula is C14H11N3O4. The maximum Gasteiger partial charge on any atom is 0.296 e. The molecule has 0 amide bonds. The van der Waals surface area contributed by atoms with Crippen LogP contribution in [0.3, 0.4) is 0 Å². The minimum Gasteiger partial charge on any atom is -0.508 e. The van der Waals surface area contributed by atoms with Crippen molar-refractivity contribution < 1.29 is 14.8 Å². The van der Waals surface area contributed by atoms with Gasteiger partial charge in [0.1, 0.15) is 11.4 Å². The molecular weight excluding hydrogens is 274 g/mol. The third-order valence-corrected chi connectivity index (χ3v) is 2.70. The largest absolute Gasteiger partial charge is 0.508 e. The number of hydrogen-bond acceptors (Lipinski definition) is 6. The van der Waals surface area contributed by atoms with Crippen LogP contribution in [0.15, 0.2) is 52.7 Å². The summed E-state index contributed by atoms with van der Waals surface area (Å²) >= 11 is 0. The zero-order valence-electron chi connectivity index (χ0n) is 11.1. The van der Waals surface area contributed by atoms with Crippen molar-refractivity contribution in [3.8, 4) is 5.75 Å². The molecule has 0 saturated carbocycles. The van der Waals surface area contributed by atoms with Crippen molar-refractivity contribution in [3.05, 3.63) is 58.1 Å². The van der Waals surface area contributed by atoms with E-state index in [4.69, 9.17) is 0 Å². The quantitative estimate of drug-likeness (QED) is 0.397. The summed E-state index contributed by atoms with van der Waals surface area (Å²) in [5, 5.41) is 28.0. The lowest BCUT2D eigenvalue weighted by atomic mass is 10.1. The number of aromatic hydroxyl groups is 1.